The van der Waals surface area contributed by atoms with Crippen LogP contribution in [0.15, 0.2) is 97.1 Å². The second-order valence-corrected chi connectivity index (χ2v) is 8.87. The molecule has 1 nitrogen and oxygen atoms in total. The van der Waals surface area contributed by atoms with Crippen molar-refractivity contribution >= 4 is 44.1 Å². The first-order valence-corrected chi connectivity index (χ1v) is 10.9. The Balaban J connectivity index is 1.47. The normalized spacial score (nSPS) is 11.0. The predicted molar refractivity (Wildman–Crippen MR) is 125 cm³/mol. The lowest BCUT2D eigenvalue weighted by molar-refractivity contribution is 1.25. The molecule has 0 aliphatic carbocycles. The number of nitrogens with zero attached hydrogens (tertiary/aromatic N) is 1. The lowest BCUT2D eigenvalue weighted by atomic mass is 10.1. The maximum atomic E-state index is 2.29. The van der Waals surface area contributed by atoms with E-state index in [9.17, 15) is 0 Å². The molecule has 3 aromatic carbocycles. The lowest BCUT2D eigenvalue weighted by Crippen LogP contribution is -2.07. The van der Waals surface area contributed by atoms with Gasteiger partial charge >= 0.3 is 0 Å². The molecule has 0 saturated heterocycles. The number of hydrogen-bond acceptors (Lipinski definition) is 3. The van der Waals surface area contributed by atoms with Gasteiger partial charge in [0.1, 0.15) is 0 Å². The van der Waals surface area contributed by atoms with Crippen LogP contribution in [0.4, 0.5) is 10.7 Å². The molecule has 0 fully saturated rings. The predicted octanol–water partition coefficient (Wildman–Crippen LogP) is 8.06. The zero-order chi connectivity index (χ0) is 18.9. The fourth-order valence-corrected chi connectivity index (χ4v) is 5.57. The fraction of sp³-hybridized carbons (Fsp3) is 0.0400. The first kappa shape index (κ1) is 17.2. The Bertz CT molecular complexity index is 1230. The number of fused-ring (bicyclic) bond motifs is 1. The van der Waals surface area contributed by atoms with Gasteiger partial charge in [0.25, 0.3) is 0 Å². The van der Waals surface area contributed by atoms with Crippen molar-refractivity contribution in [2.45, 2.75) is 0 Å². The maximum Gasteiger partial charge on any atom is 0.0957 e. The van der Waals surface area contributed by atoms with Crippen LogP contribution in [0.25, 0.3) is 31.0 Å². The van der Waals surface area contributed by atoms with Crippen molar-refractivity contribution in [1.29, 1.82) is 0 Å². The number of rotatable bonds is 4. The molecule has 0 unspecified atom stereocenters. The highest BCUT2D eigenvalue weighted by molar-refractivity contribution is 7.25. The van der Waals surface area contributed by atoms with Gasteiger partial charge in [-0.3, -0.25) is 0 Å². The zero-order valence-electron chi connectivity index (χ0n) is 15.5. The monoisotopic (exact) mass is 397 g/mol. The Hall–Kier alpha value is -2.88. The molecule has 0 bridgehead atoms. The summed E-state index contributed by atoms with van der Waals surface area (Å²) < 4.78 is 0. The standard InChI is InChI=1S/C25H19NS2/c1-26(21-13-7-11-18-8-5-6-12-20(18)21)25-17-16-24(28-25)23-15-14-22(27-23)19-9-3-2-4-10-19/h2-17H,1H3. The van der Waals surface area contributed by atoms with E-state index in [2.05, 4.69) is 109 Å². The SMILES string of the molecule is CN(c1ccc(-c2ccc(-c3ccccc3)s2)s1)c1cccc2ccccc12. The van der Waals surface area contributed by atoms with Crippen molar-refractivity contribution in [2.24, 2.45) is 0 Å². The average Bonchev–Trinajstić information content (AvgIpc) is 3.43. The van der Waals surface area contributed by atoms with Crippen molar-refractivity contribution in [3.05, 3.63) is 97.1 Å². The quantitative estimate of drug-likeness (QED) is 0.296. The molecule has 136 valence electrons. The van der Waals surface area contributed by atoms with E-state index in [0.29, 0.717) is 0 Å². The van der Waals surface area contributed by atoms with Gasteiger partial charge in [0.2, 0.25) is 0 Å². The molecule has 5 rings (SSSR count). The fourth-order valence-electron chi connectivity index (χ4n) is 3.49. The van der Waals surface area contributed by atoms with E-state index < -0.39 is 0 Å². The van der Waals surface area contributed by atoms with Gasteiger partial charge in [0.05, 0.1) is 5.00 Å². The van der Waals surface area contributed by atoms with Crippen LogP contribution in [0, 0.1) is 0 Å². The van der Waals surface area contributed by atoms with Crippen LogP contribution in [-0.4, -0.2) is 7.05 Å². The van der Waals surface area contributed by atoms with E-state index >= 15 is 0 Å². The summed E-state index contributed by atoms with van der Waals surface area (Å²) in [4.78, 5) is 6.24. The molecular formula is C25H19NS2. The van der Waals surface area contributed by atoms with E-state index in [1.165, 1.54) is 41.7 Å². The van der Waals surface area contributed by atoms with Crippen molar-refractivity contribution in [2.75, 3.05) is 11.9 Å². The van der Waals surface area contributed by atoms with E-state index in [-0.39, 0.29) is 0 Å². The highest BCUT2D eigenvalue weighted by Crippen LogP contribution is 2.42. The molecule has 0 N–H and O–H groups in total. The van der Waals surface area contributed by atoms with Gasteiger partial charge in [-0.05, 0) is 41.3 Å². The summed E-state index contributed by atoms with van der Waals surface area (Å²) in [7, 11) is 2.15. The summed E-state index contributed by atoms with van der Waals surface area (Å²) in [6.45, 7) is 0. The highest BCUT2D eigenvalue weighted by Gasteiger charge is 2.12. The van der Waals surface area contributed by atoms with Crippen LogP contribution in [0.5, 0.6) is 0 Å². The van der Waals surface area contributed by atoms with Crippen molar-refractivity contribution < 1.29 is 0 Å². The minimum Gasteiger partial charge on any atom is -0.336 e. The first-order chi connectivity index (χ1) is 13.8. The first-order valence-electron chi connectivity index (χ1n) is 9.26. The molecule has 5 aromatic rings. The number of benzene rings is 3. The third-order valence-corrected chi connectivity index (χ3v) is 7.45. The molecule has 0 saturated carbocycles. The van der Waals surface area contributed by atoms with Crippen molar-refractivity contribution in [1.82, 2.24) is 0 Å². The molecule has 0 aliphatic heterocycles. The van der Waals surface area contributed by atoms with Crippen molar-refractivity contribution in [3.63, 3.8) is 0 Å². The van der Waals surface area contributed by atoms with Crippen LogP contribution < -0.4 is 4.90 Å². The Kier molecular flexibility index (Phi) is 4.47. The molecular weight excluding hydrogens is 378 g/mol. The summed E-state index contributed by atoms with van der Waals surface area (Å²) in [5.74, 6) is 0. The third kappa shape index (κ3) is 3.13. The van der Waals surface area contributed by atoms with Crippen LogP contribution in [0.1, 0.15) is 0 Å². The summed E-state index contributed by atoms with van der Waals surface area (Å²) in [5, 5.41) is 3.81. The summed E-state index contributed by atoms with van der Waals surface area (Å²) in [6.07, 6.45) is 0. The largest absolute Gasteiger partial charge is 0.336 e. The number of hydrogen-bond donors (Lipinski definition) is 0. The maximum absolute atomic E-state index is 2.29. The second kappa shape index (κ2) is 7.27. The molecule has 3 heteroatoms. The minimum atomic E-state index is 1.24. The topological polar surface area (TPSA) is 3.24 Å². The van der Waals surface area contributed by atoms with Gasteiger partial charge < -0.3 is 4.90 Å². The average molecular weight is 398 g/mol. The lowest BCUT2D eigenvalue weighted by Gasteiger charge is -2.19. The molecule has 28 heavy (non-hydrogen) atoms. The third-order valence-electron chi connectivity index (χ3n) is 4.96. The molecule has 0 spiro atoms. The molecule has 0 radical (unpaired) electrons. The van der Waals surface area contributed by atoms with E-state index in [0.717, 1.165) is 0 Å². The summed E-state index contributed by atoms with van der Waals surface area (Å²) in [5.41, 5.74) is 2.52. The van der Waals surface area contributed by atoms with Gasteiger partial charge in [-0.2, -0.15) is 0 Å². The molecule has 0 amide bonds. The van der Waals surface area contributed by atoms with E-state index in [1.807, 2.05) is 22.7 Å². The van der Waals surface area contributed by atoms with Crippen LogP contribution in [0.2, 0.25) is 0 Å². The van der Waals surface area contributed by atoms with Gasteiger partial charge in [0.15, 0.2) is 0 Å². The van der Waals surface area contributed by atoms with Crippen LogP contribution in [-0.2, 0) is 0 Å². The second-order valence-electron chi connectivity index (χ2n) is 6.73. The minimum absolute atomic E-state index is 1.24. The van der Waals surface area contributed by atoms with Gasteiger partial charge in [-0.15, -0.1) is 22.7 Å². The molecule has 2 aromatic heterocycles. The summed E-state index contributed by atoms with van der Waals surface area (Å²) >= 11 is 3.70. The Morgan fingerprint density at radius 1 is 0.571 bits per heavy atom. The van der Waals surface area contributed by atoms with Gasteiger partial charge in [-0.1, -0.05) is 66.7 Å². The van der Waals surface area contributed by atoms with Crippen molar-refractivity contribution in [3.8, 4) is 20.2 Å². The summed E-state index contributed by atoms with van der Waals surface area (Å²) in [6, 6.07) is 34.6. The van der Waals surface area contributed by atoms with E-state index in [4.69, 9.17) is 0 Å². The number of anilines is 2. The Morgan fingerprint density at radius 2 is 1.25 bits per heavy atom. The van der Waals surface area contributed by atoms with Crippen LogP contribution in [0.3, 0.4) is 0 Å². The highest BCUT2D eigenvalue weighted by atomic mass is 32.1. The molecule has 0 atom stereocenters. The van der Waals surface area contributed by atoms with Gasteiger partial charge in [0, 0.05) is 32.8 Å². The Labute approximate surface area is 173 Å². The smallest absolute Gasteiger partial charge is 0.0957 e. The molecule has 0 aliphatic rings. The molecule has 2 heterocycles. The number of thiophene rings is 2. The van der Waals surface area contributed by atoms with E-state index in [1.54, 1.807) is 0 Å². The Morgan fingerprint density at radius 3 is 2.14 bits per heavy atom. The zero-order valence-corrected chi connectivity index (χ0v) is 17.1. The van der Waals surface area contributed by atoms with Gasteiger partial charge in [-0.25, -0.2) is 0 Å². The van der Waals surface area contributed by atoms with Crippen LogP contribution >= 0.6 is 22.7 Å².